The van der Waals surface area contributed by atoms with Crippen LogP contribution in [0.15, 0.2) is 5.16 Å². The average Bonchev–Trinajstić information content (AvgIpc) is 2.56. The summed E-state index contributed by atoms with van der Waals surface area (Å²) in [6.45, 7) is 1.71. The maximum Gasteiger partial charge on any atom is 0.220 e. The van der Waals surface area contributed by atoms with Crippen LogP contribution in [0.1, 0.15) is 51.9 Å². The number of oxime groups is 1. The van der Waals surface area contributed by atoms with E-state index in [-0.39, 0.29) is 11.7 Å². The fourth-order valence-corrected chi connectivity index (χ4v) is 2.29. The molecule has 0 aromatic rings. The summed E-state index contributed by atoms with van der Waals surface area (Å²) in [6.07, 6.45) is 7.89. The minimum atomic E-state index is -0.404. The first-order chi connectivity index (χ1) is 8.13. The van der Waals surface area contributed by atoms with Crippen LogP contribution in [0.2, 0.25) is 0 Å². The van der Waals surface area contributed by atoms with Crippen molar-refractivity contribution in [1.82, 2.24) is 5.32 Å². The molecular weight excluding hydrogens is 218 g/mol. The Morgan fingerprint density at radius 1 is 1.41 bits per heavy atom. The van der Waals surface area contributed by atoms with Gasteiger partial charge in [-0.2, -0.15) is 0 Å². The average molecular weight is 241 g/mol. The Bertz CT molecular complexity index is 271. The zero-order valence-electron chi connectivity index (χ0n) is 10.5. The van der Waals surface area contributed by atoms with Crippen molar-refractivity contribution in [3.05, 3.63) is 0 Å². The lowest BCUT2D eigenvalue weighted by Gasteiger charge is -2.16. The molecule has 0 saturated heterocycles. The fraction of sp³-hybridized carbons (Fsp3) is 0.833. The van der Waals surface area contributed by atoms with Gasteiger partial charge in [-0.3, -0.25) is 4.79 Å². The van der Waals surface area contributed by atoms with Gasteiger partial charge in [-0.05, 0) is 25.7 Å². The fourth-order valence-electron chi connectivity index (χ4n) is 2.29. The number of nitrogens with one attached hydrogen (secondary N) is 1. The first-order valence-corrected chi connectivity index (χ1v) is 6.40. The summed E-state index contributed by atoms with van der Waals surface area (Å²) in [7, 11) is 0. The van der Waals surface area contributed by atoms with Gasteiger partial charge in [0, 0.05) is 6.42 Å². The van der Waals surface area contributed by atoms with Crippen molar-refractivity contribution in [3.63, 3.8) is 0 Å². The van der Waals surface area contributed by atoms with Gasteiger partial charge in [0.1, 0.15) is 0 Å². The normalized spacial score (nSPS) is 20.6. The van der Waals surface area contributed by atoms with Crippen molar-refractivity contribution < 1.29 is 10.0 Å². The molecule has 1 rings (SSSR count). The van der Waals surface area contributed by atoms with E-state index in [0.29, 0.717) is 12.3 Å². The third-order valence-corrected chi connectivity index (χ3v) is 3.39. The lowest BCUT2D eigenvalue weighted by molar-refractivity contribution is -0.122. The first-order valence-electron chi connectivity index (χ1n) is 6.40. The molecule has 1 aliphatic rings. The summed E-state index contributed by atoms with van der Waals surface area (Å²) in [4.78, 5) is 11.8. The third kappa shape index (κ3) is 5.06. The molecule has 0 heterocycles. The molecule has 17 heavy (non-hydrogen) atoms. The number of amides is 1. The van der Waals surface area contributed by atoms with E-state index in [9.17, 15) is 4.79 Å². The lowest BCUT2D eigenvalue weighted by atomic mass is 9.96. The van der Waals surface area contributed by atoms with E-state index < -0.39 is 6.04 Å². The highest BCUT2D eigenvalue weighted by atomic mass is 16.4. The summed E-state index contributed by atoms with van der Waals surface area (Å²) in [5.74, 6) is 0.534. The van der Waals surface area contributed by atoms with Gasteiger partial charge in [0.05, 0.1) is 6.04 Å². The maximum absolute atomic E-state index is 11.8. The van der Waals surface area contributed by atoms with Crippen LogP contribution < -0.4 is 11.1 Å². The van der Waals surface area contributed by atoms with Crippen LogP contribution in [0.3, 0.4) is 0 Å². The van der Waals surface area contributed by atoms with Crippen LogP contribution in [0.25, 0.3) is 0 Å². The molecule has 0 spiro atoms. The minimum Gasteiger partial charge on any atom is -0.409 e. The number of carbonyl (C=O) groups excluding carboxylic acids is 1. The molecule has 1 amide bonds. The van der Waals surface area contributed by atoms with E-state index in [1.807, 2.05) is 0 Å². The second-order valence-electron chi connectivity index (χ2n) is 4.88. The van der Waals surface area contributed by atoms with Crippen molar-refractivity contribution in [1.29, 1.82) is 0 Å². The molecule has 98 valence electrons. The predicted molar refractivity (Wildman–Crippen MR) is 66.8 cm³/mol. The van der Waals surface area contributed by atoms with E-state index in [1.54, 1.807) is 6.92 Å². The van der Waals surface area contributed by atoms with E-state index in [2.05, 4.69) is 10.5 Å². The van der Waals surface area contributed by atoms with Crippen LogP contribution in [0, 0.1) is 5.92 Å². The molecule has 1 saturated carbocycles. The molecule has 0 radical (unpaired) electrons. The monoisotopic (exact) mass is 241 g/mol. The minimum absolute atomic E-state index is 0.00370. The van der Waals surface area contributed by atoms with E-state index >= 15 is 0 Å². The molecule has 1 atom stereocenters. The van der Waals surface area contributed by atoms with Crippen LogP contribution in [-0.4, -0.2) is 23.0 Å². The number of hydrogen-bond acceptors (Lipinski definition) is 3. The molecule has 0 aromatic heterocycles. The number of nitrogens with two attached hydrogens (primary N) is 1. The Morgan fingerprint density at radius 2 is 2.00 bits per heavy atom. The van der Waals surface area contributed by atoms with E-state index in [1.165, 1.54) is 25.7 Å². The van der Waals surface area contributed by atoms with Gasteiger partial charge in [-0.15, -0.1) is 0 Å². The molecule has 5 heteroatoms. The molecule has 0 bridgehead atoms. The Balaban J connectivity index is 2.32. The molecule has 5 nitrogen and oxygen atoms in total. The summed E-state index contributed by atoms with van der Waals surface area (Å²) in [6, 6.07) is -0.404. The van der Waals surface area contributed by atoms with E-state index in [0.717, 1.165) is 12.8 Å². The van der Waals surface area contributed by atoms with Gasteiger partial charge in [-0.1, -0.05) is 30.8 Å². The number of hydrogen-bond donors (Lipinski definition) is 3. The number of amidine groups is 1. The third-order valence-electron chi connectivity index (χ3n) is 3.39. The highest BCUT2D eigenvalue weighted by molar-refractivity contribution is 5.89. The van der Waals surface area contributed by atoms with Crippen molar-refractivity contribution in [2.24, 2.45) is 16.8 Å². The zero-order valence-corrected chi connectivity index (χ0v) is 10.5. The second kappa shape index (κ2) is 7.14. The van der Waals surface area contributed by atoms with Crippen LogP contribution in [0.4, 0.5) is 0 Å². The van der Waals surface area contributed by atoms with E-state index in [4.69, 9.17) is 10.9 Å². The second-order valence-corrected chi connectivity index (χ2v) is 4.88. The lowest BCUT2D eigenvalue weighted by Crippen LogP contribution is -2.42. The highest BCUT2D eigenvalue weighted by Gasteiger charge is 2.18. The first kappa shape index (κ1) is 13.8. The molecule has 1 fully saturated rings. The highest BCUT2D eigenvalue weighted by Crippen LogP contribution is 2.25. The largest absolute Gasteiger partial charge is 0.409 e. The van der Waals surface area contributed by atoms with Crippen LogP contribution in [0.5, 0.6) is 0 Å². The smallest absolute Gasteiger partial charge is 0.220 e. The van der Waals surface area contributed by atoms with Gasteiger partial charge in [0.25, 0.3) is 0 Å². The molecule has 1 aliphatic carbocycles. The van der Waals surface area contributed by atoms with Gasteiger partial charge in [-0.25, -0.2) is 0 Å². The number of rotatable bonds is 4. The van der Waals surface area contributed by atoms with Gasteiger partial charge < -0.3 is 16.3 Å². The molecule has 1 unspecified atom stereocenters. The van der Waals surface area contributed by atoms with Crippen molar-refractivity contribution in [2.45, 2.75) is 57.9 Å². The van der Waals surface area contributed by atoms with Crippen molar-refractivity contribution >= 4 is 11.7 Å². The summed E-state index contributed by atoms with van der Waals surface area (Å²) < 4.78 is 0. The summed E-state index contributed by atoms with van der Waals surface area (Å²) in [5, 5.41) is 14.1. The number of carbonyl (C=O) groups is 1. The Kier molecular flexibility index (Phi) is 5.80. The quantitative estimate of drug-likeness (QED) is 0.230. The Labute approximate surface area is 102 Å². The standard InChI is InChI=1S/C12H23N3O2/c1-9(12(13)15-17)14-11(16)8-10-6-4-2-3-5-7-10/h9-10,17H,2-8H2,1H3,(H2,13,15)(H,14,16). The molecule has 4 N–H and O–H groups in total. The zero-order chi connectivity index (χ0) is 12.7. The van der Waals surface area contributed by atoms with Crippen molar-refractivity contribution in [3.8, 4) is 0 Å². The number of nitrogens with zero attached hydrogens (tertiary/aromatic N) is 1. The van der Waals surface area contributed by atoms with Gasteiger partial charge in [0.15, 0.2) is 5.84 Å². The molecule has 0 aromatic carbocycles. The van der Waals surface area contributed by atoms with Crippen molar-refractivity contribution in [2.75, 3.05) is 0 Å². The SMILES string of the molecule is CC(NC(=O)CC1CCCCCC1)C(N)=NO. The summed E-state index contributed by atoms with van der Waals surface area (Å²) in [5.41, 5.74) is 5.41. The Hall–Kier alpha value is -1.26. The topological polar surface area (TPSA) is 87.7 Å². The molecule has 0 aliphatic heterocycles. The molecular formula is C12H23N3O2. The van der Waals surface area contributed by atoms with Crippen LogP contribution >= 0.6 is 0 Å². The maximum atomic E-state index is 11.8. The van der Waals surface area contributed by atoms with Gasteiger partial charge in [0.2, 0.25) is 5.91 Å². The van der Waals surface area contributed by atoms with Gasteiger partial charge >= 0.3 is 0 Å². The predicted octanol–water partition coefficient (Wildman–Crippen LogP) is 1.60. The van der Waals surface area contributed by atoms with Crippen LogP contribution in [-0.2, 0) is 4.79 Å². The summed E-state index contributed by atoms with van der Waals surface area (Å²) >= 11 is 0. The Morgan fingerprint density at radius 3 is 2.53 bits per heavy atom.